The lowest BCUT2D eigenvalue weighted by atomic mass is 10.2. The van der Waals surface area contributed by atoms with E-state index in [4.69, 9.17) is 5.11 Å². The standard InChI is InChI=1S/C13H15NO2S2/c15-7-1-4-11-5-6-12(18-11)13(16)14-10-3-2-8-17-9-10/h5-6,10,15H,2-3,7-9H2,(H,14,16). The lowest BCUT2D eigenvalue weighted by molar-refractivity contribution is 0.0942. The third kappa shape index (κ3) is 3.77. The van der Waals surface area contributed by atoms with E-state index in [1.54, 1.807) is 6.07 Å². The van der Waals surface area contributed by atoms with Crippen molar-refractivity contribution < 1.29 is 9.90 Å². The van der Waals surface area contributed by atoms with E-state index in [2.05, 4.69) is 17.2 Å². The zero-order valence-corrected chi connectivity index (χ0v) is 11.6. The maximum atomic E-state index is 12.0. The fourth-order valence-corrected chi connectivity index (χ4v) is 3.62. The van der Waals surface area contributed by atoms with Crippen molar-refractivity contribution in [3.63, 3.8) is 0 Å². The second-order valence-corrected chi connectivity index (χ2v) is 6.24. The number of hydrogen-bond acceptors (Lipinski definition) is 4. The average molecular weight is 281 g/mol. The van der Waals surface area contributed by atoms with E-state index in [-0.39, 0.29) is 12.5 Å². The van der Waals surface area contributed by atoms with E-state index in [0.717, 1.165) is 17.1 Å². The highest BCUT2D eigenvalue weighted by molar-refractivity contribution is 7.99. The predicted molar refractivity (Wildman–Crippen MR) is 76.1 cm³/mol. The van der Waals surface area contributed by atoms with Crippen LogP contribution in [0.2, 0.25) is 0 Å². The Morgan fingerprint density at radius 2 is 2.44 bits per heavy atom. The number of aliphatic hydroxyl groups excluding tert-OH is 1. The average Bonchev–Trinajstić information content (AvgIpc) is 2.86. The topological polar surface area (TPSA) is 49.3 Å². The molecule has 0 bridgehead atoms. The van der Waals surface area contributed by atoms with Gasteiger partial charge in [-0.25, -0.2) is 0 Å². The normalized spacial score (nSPS) is 18.8. The Kier molecular flexibility index (Phi) is 5.12. The Labute approximate surface area is 115 Å². The molecule has 0 aliphatic carbocycles. The van der Waals surface area contributed by atoms with Gasteiger partial charge < -0.3 is 10.4 Å². The molecule has 1 fully saturated rings. The Morgan fingerprint density at radius 3 is 3.17 bits per heavy atom. The maximum Gasteiger partial charge on any atom is 0.261 e. The molecule has 96 valence electrons. The molecule has 0 radical (unpaired) electrons. The molecule has 2 N–H and O–H groups in total. The van der Waals surface area contributed by atoms with Gasteiger partial charge in [0, 0.05) is 11.8 Å². The van der Waals surface area contributed by atoms with Gasteiger partial charge in [0.05, 0.1) is 9.75 Å². The first-order valence-electron chi connectivity index (χ1n) is 5.88. The molecule has 1 aliphatic heterocycles. The van der Waals surface area contributed by atoms with Crippen LogP contribution in [0.5, 0.6) is 0 Å². The smallest absolute Gasteiger partial charge is 0.261 e. The summed E-state index contributed by atoms with van der Waals surface area (Å²) in [6.07, 6.45) is 2.24. The molecule has 1 aromatic rings. The van der Waals surface area contributed by atoms with E-state index in [1.165, 1.54) is 23.5 Å². The first-order chi connectivity index (χ1) is 8.79. The quantitative estimate of drug-likeness (QED) is 0.812. The third-order valence-corrected chi connectivity index (χ3v) is 4.83. The van der Waals surface area contributed by atoms with E-state index in [1.807, 2.05) is 17.8 Å². The number of aliphatic hydroxyl groups is 1. The first kappa shape index (κ1) is 13.5. The molecule has 1 amide bonds. The van der Waals surface area contributed by atoms with Crippen LogP contribution in [0.25, 0.3) is 0 Å². The van der Waals surface area contributed by atoms with Gasteiger partial charge in [-0.1, -0.05) is 11.8 Å². The van der Waals surface area contributed by atoms with Crippen LogP contribution in [0.3, 0.4) is 0 Å². The highest BCUT2D eigenvalue weighted by Gasteiger charge is 2.17. The Balaban J connectivity index is 1.93. The van der Waals surface area contributed by atoms with Gasteiger partial charge >= 0.3 is 0 Å². The zero-order valence-electron chi connectivity index (χ0n) is 9.94. The van der Waals surface area contributed by atoms with Crippen LogP contribution < -0.4 is 5.32 Å². The van der Waals surface area contributed by atoms with Crippen molar-refractivity contribution in [3.05, 3.63) is 21.9 Å². The lowest BCUT2D eigenvalue weighted by Crippen LogP contribution is -2.37. The van der Waals surface area contributed by atoms with Crippen LogP contribution >= 0.6 is 23.1 Å². The van der Waals surface area contributed by atoms with Gasteiger partial charge in [0.15, 0.2) is 0 Å². The number of thiophene rings is 1. The molecule has 18 heavy (non-hydrogen) atoms. The number of carbonyl (C=O) groups is 1. The molecular formula is C13H15NO2S2. The third-order valence-electron chi connectivity index (χ3n) is 2.62. The van der Waals surface area contributed by atoms with Crippen LogP contribution in [0.15, 0.2) is 12.1 Å². The van der Waals surface area contributed by atoms with Gasteiger partial charge in [-0.15, -0.1) is 11.3 Å². The Bertz CT molecular complexity index is 467. The van der Waals surface area contributed by atoms with Crippen molar-refractivity contribution in [2.75, 3.05) is 18.1 Å². The largest absolute Gasteiger partial charge is 0.384 e. The SMILES string of the molecule is O=C(NC1CCCSC1)c1ccc(C#CCO)s1. The second kappa shape index (κ2) is 6.83. The summed E-state index contributed by atoms with van der Waals surface area (Å²) in [7, 11) is 0. The maximum absolute atomic E-state index is 12.0. The molecular weight excluding hydrogens is 266 g/mol. The molecule has 5 heteroatoms. The molecule has 3 nitrogen and oxygen atoms in total. The summed E-state index contributed by atoms with van der Waals surface area (Å²) in [5.41, 5.74) is 0. The molecule has 2 heterocycles. The molecule has 1 aromatic heterocycles. The fourth-order valence-electron chi connectivity index (χ4n) is 1.76. The van der Waals surface area contributed by atoms with Crippen LogP contribution in [0, 0.1) is 11.8 Å². The summed E-state index contributed by atoms with van der Waals surface area (Å²) < 4.78 is 0. The van der Waals surface area contributed by atoms with Crippen molar-refractivity contribution in [1.82, 2.24) is 5.32 Å². The van der Waals surface area contributed by atoms with Gasteiger partial charge in [-0.3, -0.25) is 4.79 Å². The Morgan fingerprint density at radius 1 is 1.56 bits per heavy atom. The second-order valence-electron chi connectivity index (χ2n) is 4.01. The van der Waals surface area contributed by atoms with Crippen molar-refractivity contribution in [3.8, 4) is 11.8 Å². The van der Waals surface area contributed by atoms with Crippen LogP contribution in [-0.2, 0) is 0 Å². The molecule has 0 spiro atoms. The van der Waals surface area contributed by atoms with Crippen molar-refractivity contribution in [1.29, 1.82) is 0 Å². The summed E-state index contributed by atoms with van der Waals surface area (Å²) >= 11 is 3.26. The summed E-state index contributed by atoms with van der Waals surface area (Å²) in [6.45, 7) is -0.154. The number of hydrogen-bond donors (Lipinski definition) is 2. The van der Waals surface area contributed by atoms with E-state index >= 15 is 0 Å². The van der Waals surface area contributed by atoms with Crippen LogP contribution in [0.4, 0.5) is 0 Å². The minimum atomic E-state index is -0.154. The van der Waals surface area contributed by atoms with Crippen LogP contribution in [0.1, 0.15) is 27.4 Å². The minimum Gasteiger partial charge on any atom is -0.384 e. The summed E-state index contributed by atoms with van der Waals surface area (Å²) in [5, 5.41) is 11.7. The summed E-state index contributed by atoms with van der Waals surface area (Å²) in [5.74, 6) is 7.59. The number of amides is 1. The van der Waals surface area contributed by atoms with Gasteiger partial charge in [0.1, 0.15) is 6.61 Å². The number of nitrogens with one attached hydrogen (secondary N) is 1. The summed E-state index contributed by atoms with van der Waals surface area (Å²) in [4.78, 5) is 13.5. The summed E-state index contributed by atoms with van der Waals surface area (Å²) in [6, 6.07) is 3.90. The van der Waals surface area contributed by atoms with E-state index < -0.39 is 0 Å². The molecule has 1 atom stereocenters. The molecule has 0 saturated carbocycles. The highest BCUT2D eigenvalue weighted by Crippen LogP contribution is 2.19. The molecule has 1 saturated heterocycles. The van der Waals surface area contributed by atoms with Gasteiger partial charge in [-0.2, -0.15) is 11.8 Å². The zero-order chi connectivity index (χ0) is 12.8. The van der Waals surface area contributed by atoms with Crippen molar-refractivity contribution >= 4 is 29.0 Å². The van der Waals surface area contributed by atoms with Gasteiger partial charge in [0.2, 0.25) is 0 Å². The molecule has 1 unspecified atom stereocenters. The fraction of sp³-hybridized carbons (Fsp3) is 0.462. The molecule has 1 aliphatic rings. The van der Waals surface area contributed by atoms with Gasteiger partial charge in [0.25, 0.3) is 5.91 Å². The number of thioether (sulfide) groups is 1. The predicted octanol–water partition coefficient (Wildman–Crippen LogP) is 1.72. The highest BCUT2D eigenvalue weighted by atomic mass is 32.2. The minimum absolute atomic E-state index is 0.00968. The van der Waals surface area contributed by atoms with Crippen molar-refractivity contribution in [2.45, 2.75) is 18.9 Å². The van der Waals surface area contributed by atoms with Crippen molar-refractivity contribution in [2.24, 2.45) is 0 Å². The molecule has 2 rings (SSSR count). The monoisotopic (exact) mass is 281 g/mol. The van der Waals surface area contributed by atoms with Crippen LogP contribution in [-0.4, -0.2) is 35.2 Å². The Hall–Kier alpha value is -0.960. The lowest BCUT2D eigenvalue weighted by Gasteiger charge is -2.21. The van der Waals surface area contributed by atoms with E-state index in [0.29, 0.717) is 10.9 Å². The number of rotatable bonds is 2. The molecule has 0 aromatic carbocycles. The first-order valence-corrected chi connectivity index (χ1v) is 7.85. The van der Waals surface area contributed by atoms with Gasteiger partial charge in [-0.05, 0) is 30.7 Å². The number of carbonyl (C=O) groups excluding carboxylic acids is 1. The van der Waals surface area contributed by atoms with E-state index in [9.17, 15) is 4.79 Å².